The lowest BCUT2D eigenvalue weighted by Crippen LogP contribution is -1.97. The molecule has 0 aliphatic rings. The zero-order valence-electron chi connectivity index (χ0n) is 4.67. The van der Waals surface area contributed by atoms with E-state index in [4.69, 9.17) is 5.11 Å². The lowest BCUT2D eigenvalue weighted by molar-refractivity contribution is 0.358. The van der Waals surface area contributed by atoms with E-state index < -0.39 is 0 Å². The van der Waals surface area contributed by atoms with Gasteiger partial charge in [0.1, 0.15) is 0 Å². The van der Waals surface area contributed by atoms with E-state index in [0.29, 0.717) is 5.71 Å². The highest BCUT2D eigenvalue weighted by atomic mass is 16.3. The molecule has 0 aromatic carbocycles. The fraction of sp³-hybridized carbons (Fsp3) is 0.167. The van der Waals surface area contributed by atoms with Crippen molar-refractivity contribution in [1.82, 2.24) is 0 Å². The quantitative estimate of drug-likeness (QED) is 0.535. The normalized spacial score (nSPS) is 10.9. The molecule has 0 heterocycles. The summed E-state index contributed by atoms with van der Waals surface area (Å²) in [6, 6.07) is 0. The second-order valence-electron chi connectivity index (χ2n) is 1.17. The molecule has 0 atom stereocenters. The van der Waals surface area contributed by atoms with Crippen LogP contribution in [-0.2, 0) is 0 Å². The Morgan fingerprint density at radius 3 is 2.38 bits per heavy atom. The predicted octanol–water partition coefficient (Wildman–Crippen LogP) is 0.749. The highest BCUT2D eigenvalue weighted by Crippen LogP contribution is 1.77. The molecule has 8 heavy (non-hydrogen) atoms. The van der Waals surface area contributed by atoms with Crippen molar-refractivity contribution in [3.8, 4) is 0 Å². The lowest BCUT2D eigenvalue weighted by Gasteiger charge is -1.87. The molecule has 0 aliphatic carbocycles. The zero-order chi connectivity index (χ0) is 6.41. The largest absolute Gasteiger partial charge is 0.390 e. The minimum absolute atomic E-state index is 0.0739. The summed E-state index contributed by atoms with van der Waals surface area (Å²) in [4.78, 5) is 3.67. The highest BCUT2D eigenvalue weighted by molar-refractivity contribution is 5.95. The van der Waals surface area contributed by atoms with Crippen molar-refractivity contribution in [1.29, 1.82) is 0 Å². The molecule has 0 saturated carbocycles. The minimum atomic E-state index is -0.0739. The molecular formula is C6H9NO. The fourth-order valence-electron chi connectivity index (χ4n) is 0.275. The maximum absolute atomic E-state index is 8.41. The maximum Gasteiger partial charge on any atom is 0.0852 e. The standard InChI is InChI=1S/C6H9NO/c1-3-6(5-8)7-4-2/h3-4,8H,1-2,5H2. The van der Waals surface area contributed by atoms with Gasteiger partial charge in [0.05, 0.1) is 12.3 Å². The molecule has 0 aliphatic heterocycles. The van der Waals surface area contributed by atoms with Gasteiger partial charge in [-0.25, -0.2) is 0 Å². The van der Waals surface area contributed by atoms with Crippen LogP contribution >= 0.6 is 0 Å². The molecule has 0 radical (unpaired) electrons. The molecular weight excluding hydrogens is 102 g/mol. The summed E-state index contributed by atoms with van der Waals surface area (Å²) >= 11 is 0. The van der Waals surface area contributed by atoms with Gasteiger partial charge in [-0.3, -0.25) is 4.99 Å². The topological polar surface area (TPSA) is 32.6 Å². The summed E-state index contributed by atoms with van der Waals surface area (Å²) in [6.45, 7) is 6.69. The summed E-state index contributed by atoms with van der Waals surface area (Å²) in [5, 5.41) is 8.41. The van der Waals surface area contributed by atoms with Gasteiger partial charge in [0.25, 0.3) is 0 Å². The first-order chi connectivity index (χ1) is 3.85. The van der Waals surface area contributed by atoms with Crippen LogP contribution in [0.4, 0.5) is 0 Å². The monoisotopic (exact) mass is 111 g/mol. The average molecular weight is 111 g/mol. The minimum Gasteiger partial charge on any atom is -0.390 e. The number of aliphatic hydroxyl groups is 1. The van der Waals surface area contributed by atoms with E-state index in [1.165, 1.54) is 12.3 Å². The van der Waals surface area contributed by atoms with Gasteiger partial charge in [-0.15, -0.1) is 0 Å². The molecule has 0 fully saturated rings. The van der Waals surface area contributed by atoms with E-state index >= 15 is 0 Å². The van der Waals surface area contributed by atoms with Crippen molar-refractivity contribution < 1.29 is 5.11 Å². The smallest absolute Gasteiger partial charge is 0.0852 e. The molecule has 1 N–H and O–H groups in total. The molecule has 2 heteroatoms. The average Bonchev–Trinajstić information content (AvgIpc) is 1.83. The van der Waals surface area contributed by atoms with Gasteiger partial charge in [-0.1, -0.05) is 13.2 Å². The molecule has 0 spiro atoms. The molecule has 0 saturated heterocycles. The highest BCUT2D eigenvalue weighted by Gasteiger charge is 1.82. The van der Waals surface area contributed by atoms with Gasteiger partial charge < -0.3 is 5.11 Å². The first-order valence-corrected chi connectivity index (χ1v) is 2.26. The van der Waals surface area contributed by atoms with E-state index in [0.717, 1.165) is 0 Å². The fourth-order valence-corrected chi connectivity index (χ4v) is 0.275. The van der Waals surface area contributed by atoms with Crippen LogP contribution in [0.3, 0.4) is 0 Å². The van der Waals surface area contributed by atoms with Crippen LogP contribution in [0.2, 0.25) is 0 Å². The molecule has 0 aromatic rings. The van der Waals surface area contributed by atoms with Crippen LogP contribution in [-0.4, -0.2) is 17.4 Å². The Morgan fingerprint density at radius 2 is 2.25 bits per heavy atom. The molecule has 44 valence electrons. The summed E-state index contributed by atoms with van der Waals surface area (Å²) in [5.74, 6) is 0. The van der Waals surface area contributed by atoms with Crippen molar-refractivity contribution in [2.24, 2.45) is 4.99 Å². The van der Waals surface area contributed by atoms with E-state index in [2.05, 4.69) is 18.2 Å². The van der Waals surface area contributed by atoms with Gasteiger partial charge >= 0.3 is 0 Å². The molecule has 0 unspecified atom stereocenters. The molecule has 0 bridgehead atoms. The summed E-state index contributed by atoms with van der Waals surface area (Å²) < 4.78 is 0. The Kier molecular flexibility index (Phi) is 3.80. The number of aliphatic hydroxyl groups excluding tert-OH is 1. The van der Waals surface area contributed by atoms with Gasteiger partial charge in [0.15, 0.2) is 0 Å². The Labute approximate surface area is 48.9 Å². The first kappa shape index (κ1) is 7.11. The maximum atomic E-state index is 8.41. The van der Waals surface area contributed by atoms with Gasteiger partial charge in [-0.05, 0) is 6.08 Å². The van der Waals surface area contributed by atoms with Crippen molar-refractivity contribution in [3.05, 3.63) is 25.4 Å². The number of nitrogens with zero attached hydrogens (tertiary/aromatic N) is 1. The molecule has 0 rings (SSSR count). The van der Waals surface area contributed by atoms with Crippen molar-refractivity contribution in [2.45, 2.75) is 0 Å². The third-order valence-corrected chi connectivity index (χ3v) is 0.655. The van der Waals surface area contributed by atoms with Gasteiger partial charge in [0.2, 0.25) is 0 Å². The van der Waals surface area contributed by atoms with Crippen molar-refractivity contribution in [2.75, 3.05) is 6.61 Å². The Bertz CT molecular complexity index is 116. The second-order valence-corrected chi connectivity index (χ2v) is 1.17. The number of hydrogen-bond donors (Lipinski definition) is 1. The molecule has 0 amide bonds. The zero-order valence-corrected chi connectivity index (χ0v) is 4.67. The SMILES string of the molecule is C=CN=C(C=C)CO. The van der Waals surface area contributed by atoms with E-state index in [1.54, 1.807) is 0 Å². The van der Waals surface area contributed by atoms with E-state index in [-0.39, 0.29) is 6.61 Å². The first-order valence-electron chi connectivity index (χ1n) is 2.26. The third-order valence-electron chi connectivity index (χ3n) is 0.655. The third kappa shape index (κ3) is 2.31. The van der Waals surface area contributed by atoms with E-state index in [1.807, 2.05) is 0 Å². The van der Waals surface area contributed by atoms with Crippen LogP contribution in [0.1, 0.15) is 0 Å². The molecule has 2 nitrogen and oxygen atoms in total. The van der Waals surface area contributed by atoms with Crippen molar-refractivity contribution in [3.63, 3.8) is 0 Å². The van der Waals surface area contributed by atoms with Gasteiger partial charge in [-0.2, -0.15) is 0 Å². The number of hydrogen-bond acceptors (Lipinski definition) is 2. The predicted molar refractivity (Wildman–Crippen MR) is 34.9 cm³/mol. The van der Waals surface area contributed by atoms with Crippen LogP contribution < -0.4 is 0 Å². The number of rotatable bonds is 3. The summed E-state index contributed by atoms with van der Waals surface area (Å²) in [7, 11) is 0. The number of aliphatic imine (C=N–C) groups is 1. The van der Waals surface area contributed by atoms with Crippen LogP contribution in [0.15, 0.2) is 30.4 Å². The van der Waals surface area contributed by atoms with Crippen molar-refractivity contribution >= 4 is 5.71 Å². The summed E-state index contributed by atoms with van der Waals surface area (Å²) in [6.07, 6.45) is 2.86. The second kappa shape index (κ2) is 4.27. The van der Waals surface area contributed by atoms with Crippen LogP contribution in [0.5, 0.6) is 0 Å². The summed E-state index contributed by atoms with van der Waals surface area (Å²) in [5.41, 5.74) is 0.542. The Hall–Kier alpha value is -0.890. The Morgan fingerprint density at radius 1 is 1.62 bits per heavy atom. The molecule has 0 aromatic heterocycles. The Balaban J connectivity index is 3.84. The van der Waals surface area contributed by atoms with Crippen LogP contribution in [0.25, 0.3) is 0 Å². The van der Waals surface area contributed by atoms with Crippen LogP contribution in [0, 0.1) is 0 Å². The van der Waals surface area contributed by atoms with E-state index in [9.17, 15) is 0 Å². The lowest BCUT2D eigenvalue weighted by atomic mass is 10.4. The van der Waals surface area contributed by atoms with Gasteiger partial charge in [0, 0.05) is 6.20 Å².